The second-order valence-corrected chi connectivity index (χ2v) is 8.74. The van der Waals surface area contributed by atoms with Gasteiger partial charge in [-0.2, -0.15) is 4.68 Å². The van der Waals surface area contributed by atoms with Gasteiger partial charge in [0.15, 0.2) is 11.6 Å². The van der Waals surface area contributed by atoms with Crippen LogP contribution in [0.5, 0.6) is 0 Å². The molecular weight excluding hydrogens is 450 g/mol. The normalized spacial score (nSPS) is 14.0. The molecule has 176 valence electrons. The Bertz CT molecular complexity index is 1560. The molecule has 5 aromatic rings. The lowest BCUT2D eigenvalue weighted by atomic mass is 9.99. The Kier molecular flexibility index (Phi) is 4.84. The van der Waals surface area contributed by atoms with Crippen LogP contribution in [0.4, 0.5) is 14.6 Å². The number of halogens is 2. The molecule has 0 aliphatic carbocycles. The van der Waals surface area contributed by atoms with Crippen LogP contribution >= 0.6 is 0 Å². The van der Waals surface area contributed by atoms with Gasteiger partial charge in [0.1, 0.15) is 34.9 Å². The summed E-state index contributed by atoms with van der Waals surface area (Å²) in [4.78, 5) is 20.3. The Morgan fingerprint density at radius 1 is 0.829 bits per heavy atom. The molecule has 0 amide bonds. The van der Waals surface area contributed by atoms with Gasteiger partial charge in [0, 0.05) is 26.2 Å². The van der Waals surface area contributed by atoms with E-state index in [0.29, 0.717) is 17.5 Å². The van der Waals surface area contributed by atoms with Crippen molar-refractivity contribution in [2.24, 2.45) is 7.05 Å². The molecule has 0 spiro atoms. The molecule has 4 heterocycles. The molecule has 35 heavy (non-hydrogen) atoms. The summed E-state index contributed by atoms with van der Waals surface area (Å²) in [5, 5.41) is 4.37. The smallest absolute Gasteiger partial charge is 0.171 e. The molecule has 1 aliphatic heterocycles. The van der Waals surface area contributed by atoms with Gasteiger partial charge < -0.3 is 9.47 Å². The van der Waals surface area contributed by atoms with Gasteiger partial charge >= 0.3 is 0 Å². The molecule has 0 atom stereocenters. The zero-order chi connectivity index (χ0) is 24.3. The highest BCUT2D eigenvalue weighted by Gasteiger charge is 2.33. The van der Waals surface area contributed by atoms with Crippen LogP contribution in [0.2, 0.25) is 0 Å². The van der Waals surface area contributed by atoms with Gasteiger partial charge in [0.2, 0.25) is 0 Å². The second-order valence-electron chi connectivity index (χ2n) is 8.74. The van der Waals surface area contributed by atoms with Crippen LogP contribution in [0.15, 0.2) is 48.5 Å². The molecule has 0 N–H and O–H groups in total. The Labute approximate surface area is 199 Å². The summed E-state index contributed by atoms with van der Waals surface area (Å²) in [5.41, 5.74) is 1.85. The number of hydrogen-bond donors (Lipinski definition) is 0. The molecular formula is C25H22F2N8. The average Bonchev–Trinajstić information content (AvgIpc) is 3.33. The van der Waals surface area contributed by atoms with Gasteiger partial charge in [0.25, 0.3) is 0 Å². The van der Waals surface area contributed by atoms with Gasteiger partial charge in [-0.25, -0.2) is 28.7 Å². The van der Waals surface area contributed by atoms with Crippen molar-refractivity contribution in [3.05, 3.63) is 77.6 Å². The van der Waals surface area contributed by atoms with Gasteiger partial charge in [-0.1, -0.05) is 18.2 Å². The molecule has 10 heteroatoms. The van der Waals surface area contributed by atoms with E-state index in [4.69, 9.17) is 4.98 Å². The highest BCUT2D eigenvalue weighted by molar-refractivity contribution is 5.76. The van der Waals surface area contributed by atoms with Crippen LogP contribution in [-0.2, 0) is 7.05 Å². The number of anilines is 1. The van der Waals surface area contributed by atoms with E-state index in [-0.39, 0.29) is 17.3 Å². The number of fused-ring (bicyclic) bond motifs is 1. The van der Waals surface area contributed by atoms with Gasteiger partial charge in [-0.05, 0) is 38.1 Å². The lowest BCUT2D eigenvalue weighted by Crippen LogP contribution is -2.46. The van der Waals surface area contributed by atoms with Crippen LogP contribution < -0.4 is 4.90 Å². The van der Waals surface area contributed by atoms with E-state index in [1.807, 2.05) is 25.2 Å². The first-order chi connectivity index (χ1) is 16.9. The minimum absolute atomic E-state index is 0.0586. The summed E-state index contributed by atoms with van der Waals surface area (Å²) in [6.07, 6.45) is 0. The number of rotatable bonds is 4. The minimum atomic E-state index is -0.710. The predicted octanol–water partition coefficient (Wildman–Crippen LogP) is 4.11. The molecule has 3 aromatic heterocycles. The molecule has 0 radical (unpaired) electrons. The maximum atomic E-state index is 14.5. The van der Waals surface area contributed by atoms with Crippen molar-refractivity contribution in [3.63, 3.8) is 0 Å². The number of benzene rings is 2. The zero-order valence-electron chi connectivity index (χ0n) is 19.4. The molecule has 1 aliphatic rings. The third kappa shape index (κ3) is 3.52. The number of nitrogens with zero attached hydrogens (tertiary/aromatic N) is 8. The SMILES string of the molecule is Cc1nc(N2CC(c3nc4ccccc4n3C)C2)cc(-n2nc(C)nc2-c2c(F)cccc2F)n1. The molecule has 2 aromatic carbocycles. The zero-order valence-corrected chi connectivity index (χ0v) is 19.4. The topological polar surface area (TPSA) is 77.5 Å². The lowest BCUT2D eigenvalue weighted by molar-refractivity contribution is 0.485. The summed E-state index contributed by atoms with van der Waals surface area (Å²) in [5.74, 6) is 1.97. The molecule has 6 rings (SSSR count). The van der Waals surface area contributed by atoms with Crippen LogP contribution in [0.25, 0.3) is 28.2 Å². The predicted molar refractivity (Wildman–Crippen MR) is 127 cm³/mol. The fraction of sp³-hybridized carbons (Fsp3) is 0.240. The molecule has 1 fully saturated rings. The van der Waals surface area contributed by atoms with Crippen molar-refractivity contribution in [1.82, 2.24) is 34.3 Å². The summed E-state index contributed by atoms with van der Waals surface area (Å²) in [7, 11) is 2.04. The van der Waals surface area contributed by atoms with E-state index in [1.165, 1.54) is 22.9 Å². The summed E-state index contributed by atoms with van der Waals surface area (Å²) in [6, 6.07) is 13.6. The third-order valence-corrected chi connectivity index (χ3v) is 6.32. The summed E-state index contributed by atoms with van der Waals surface area (Å²) >= 11 is 0. The van der Waals surface area contributed by atoms with E-state index < -0.39 is 11.6 Å². The van der Waals surface area contributed by atoms with Crippen LogP contribution in [-0.4, -0.2) is 47.4 Å². The Hall–Kier alpha value is -4.21. The number of imidazole rings is 1. The lowest BCUT2D eigenvalue weighted by Gasteiger charge is -2.39. The number of hydrogen-bond acceptors (Lipinski definition) is 6. The van der Waals surface area contributed by atoms with E-state index in [1.54, 1.807) is 19.9 Å². The molecule has 1 saturated heterocycles. The van der Waals surface area contributed by atoms with Crippen molar-refractivity contribution in [2.45, 2.75) is 19.8 Å². The van der Waals surface area contributed by atoms with E-state index in [9.17, 15) is 8.78 Å². The third-order valence-electron chi connectivity index (χ3n) is 6.32. The highest BCUT2D eigenvalue weighted by atomic mass is 19.1. The summed E-state index contributed by atoms with van der Waals surface area (Å²) in [6.45, 7) is 4.95. The van der Waals surface area contributed by atoms with E-state index >= 15 is 0 Å². The molecule has 8 nitrogen and oxygen atoms in total. The summed E-state index contributed by atoms with van der Waals surface area (Å²) < 4.78 is 32.6. The highest BCUT2D eigenvalue weighted by Crippen LogP contribution is 2.33. The number of aryl methyl sites for hydroxylation is 3. The number of aromatic nitrogens is 7. The quantitative estimate of drug-likeness (QED) is 0.392. The van der Waals surface area contributed by atoms with Gasteiger partial charge in [-0.15, -0.1) is 5.10 Å². The largest absolute Gasteiger partial charge is 0.355 e. The van der Waals surface area contributed by atoms with Crippen molar-refractivity contribution in [2.75, 3.05) is 18.0 Å². The first-order valence-electron chi connectivity index (χ1n) is 11.3. The monoisotopic (exact) mass is 472 g/mol. The maximum absolute atomic E-state index is 14.5. The first kappa shape index (κ1) is 21.3. The van der Waals surface area contributed by atoms with Gasteiger partial charge in [-0.3, -0.25) is 0 Å². The van der Waals surface area contributed by atoms with E-state index in [0.717, 1.165) is 35.8 Å². The standard InChI is InChI=1S/C25H22F2N8/c1-14-28-21(34-12-16(13-34)24-31-19-9-4-5-10-20(19)33(24)3)11-22(29-14)35-25(30-15(2)32-35)23-17(26)7-6-8-18(23)27/h4-11,16H,12-13H2,1-3H3. The maximum Gasteiger partial charge on any atom is 0.171 e. The molecule has 0 saturated carbocycles. The Balaban J connectivity index is 1.33. The average molecular weight is 473 g/mol. The van der Waals surface area contributed by atoms with E-state index in [2.05, 4.69) is 35.6 Å². The fourth-order valence-corrected chi connectivity index (χ4v) is 4.61. The Morgan fingerprint density at radius 3 is 2.29 bits per heavy atom. The Morgan fingerprint density at radius 2 is 1.54 bits per heavy atom. The van der Waals surface area contributed by atoms with Crippen molar-refractivity contribution >= 4 is 16.9 Å². The number of para-hydroxylation sites is 2. The second kappa shape index (κ2) is 7.93. The van der Waals surface area contributed by atoms with Crippen LogP contribution in [0, 0.1) is 25.5 Å². The van der Waals surface area contributed by atoms with Gasteiger partial charge in [0.05, 0.1) is 22.5 Å². The molecule has 0 unspecified atom stereocenters. The first-order valence-corrected chi connectivity index (χ1v) is 11.3. The van der Waals surface area contributed by atoms with Crippen LogP contribution in [0.3, 0.4) is 0 Å². The van der Waals surface area contributed by atoms with Crippen LogP contribution in [0.1, 0.15) is 23.4 Å². The van der Waals surface area contributed by atoms with Crippen molar-refractivity contribution in [3.8, 4) is 17.2 Å². The molecule has 0 bridgehead atoms. The fourth-order valence-electron chi connectivity index (χ4n) is 4.61. The van der Waals surface area contributed by atoms with Crippen molar-refractivity contribution < 1.29 is 8.78 Å². The van der Waals surface area contributed by atoms with Crippen molar-refractivity contribution in [1.29, 1.82) is 0 Å². The minimum Gasteiger partial charge on any atom is -0.355 e.